The largest absolute Gasteiger partial charge is 0.507 e. The molecule has 0 amide bonds. The zero-order valence-electron chi connectivity index (χ0n) is 32.8. The maximum atomic E-state index is 14.9. The zero-order valence-corrected chi connectivity index (χ0v) is 33.6. The number of benzene rings is 3. The van der Waals surface area contributed by atoms with Gasteiger partial charge < -0.3 is 38.3 Å². The fraction of sp³-hybridized carbons (Fsp3) is 0.524. The number of thioether (sulfide) groups is 1. The molecule has 3 aromatic rings. The molecule has 2 unspecified atom stereocenters. The van der Waals surface area contributed by atoms with Crippen LogP contribution in [0.3, 0.4) is 0 Å². The van der Waals surface area contributed by atoms with Crippen molar-refractivity contribution in [3.05, 3.63) is 62.7 Å². The number of likely N-dealkylation sites (N-methyl/N-ethyl adjacent to an activating group) is 1. The summed E-state index contributed by atoms with van der Waals surface area (Å²) in [6, 6.07) is 6.62. The molecule has 0 radical (unpaired) electrons. The van der Waals surface area contributed by atoms with Crippen molar-refractivity contribution in [1.82, 2.24) is 15.1 Å². The predicted molar refractivity (Wildman–Crippen MR) is 207 cm³/mol. The molecule has 10 rings (SSSR count). The van der Waals surface area contributed by atoms with Gasteiger partial charge in [-0.2, -0.15) is 5.26 Å². The van der Waals surface area contributed by atoms with Crippen molar-refractivity contribution < 1.29 is 43.1 Å². The predicted octanol–water partition coefficient (Wildman–Crippen LogP) is 5.15. The van der Waals surface area contributed by atoms with Gasteiger partial charge in [-0.15, -0.1) is 11.8 Å². The summed E-state index contributed by atoms with van der Waals surface area (Å²) in [6.45, 7) is 9.13. The number of ether oxygens (including phenoxy) is 7. The quantitative estimate of drug-likeness (QED) is 0.318. The van der Waals surface area contributed by atoms with E-state index < -0.39 is 34.9 Å². The van der Waals surface area contributed by atoms with Crippen LogP contribution in [-0.4, -0.2) is 99.2 Å². The Morgan fingerprint density at radius 1 is 1.00 bits per heavy atom. The van der Waals surface area contributed by atoms with Crippen molar-refractivity contribution in [2.75, 3.05) is 60.2 Å². The van der Waals surface area contributed by atoms with Crippen molar-refractivity contribution in [3.8, 4) is 46.3 Å². The second-order valence-corrected chi connectivity index (χ2v) is 16.5. The molecule has 7 aliphatic heterocycles. The zero-order chi connectivity index (χ0) is 39.2. The Bertz CT molecular complexity index is 2170. The second kappa shape index (κ2) is 13.8. The highest BCUT2D eigenvalue weighted by atomic mass is 32.2. The molecule has 4 bridgehead atoms. The molecule has 3 aromatic carbocycles. The monoisotopic (exact) mass is 784 g/mol. The number of aromatic hydroxyl groups is 1. The Morgan fingerprint density at radius 2 is 1.79 bits per heavy atom. The summed E-state index contributed by atoms with van der Waals surface area (Å²) in [5.41, 5.74) is 5.60. The van der Waals surface area contributed by atoms with Crippen molar-refractivity contribution >= 4 is 17.7 Å². The lowest BCUT2D eigenvalue weighted by atomic mass is 9.71. The Labute approximate surface area is 331 Å². The molecule has 56 heavy (non-hydrogen) atoms. The molecule has 296 valence electrons. The van der Waals surface area contributed by atoms with E-state index in [2.05, 4.69) is 34.3 Å². The fourth-order valence-corrected chi connectivity index (χ4v) is 12.1. The molecule has 0 aromatic heterocycles. The van der Waals surface area contributed by atoms with Crippen LogP contribution in [0, 0.1) is 25.2 Å². The van der Waals surface area contributed by atoms with Crippen molar-refractivity contribution in [2.24, 2.45) is 0 Å². The van der Waals surface area contributed by atoms with Crippen LogP contribution in [-0.2, 0) is 27.9 Å². The molecule has 14 heteroatoms. The Hall–Kier alpha value is -4.55. The summed E-state index contributed by atoms with van der Waals surface area (Å²) in [5, 5.41) is 26.7. The van der Waals surface area contributed by atoms with E-state index in [1.165, 1.54) is 0 Å². The number of carbonyl (C=O) groups is 1. The normalized spacial score (nSPS) is 28.6. The number of rotatable bonds is 6. The van der Waals surface area contributed by atoms with E-state index in [0.717, 1.165) is 27.8 Å². The molecule has 7 heterocycles. The van der Waals surface area contributed by atoms with Gasteiger partial charge in [0.05, 0.1) is 50.8 Å². The highest BCUT2D eigenvalue weighted by Gasteiger charge is 2.61. The summed E-state index contributed by atoms with van der Waals surface area (Å²) < 4.78 is 43.0. The average molecular weight is 785 g/mol. The molecule has 7 atom stereocenters. The first-order valence-electron chi connectivity index (χ1n) is 19.4. The van der Waals surface area contributed by atoms with E-state index in [9.17, 15) is 15.2 Å². The standard InChI is InChI=1S/C42H48N4O9S/c1-8-51-29-14-22-10-11-44-42(24(22)15-28(29)49-6)18-56-40-32-31(39-37(54-19-55-39)21(4)35(32)47)27(17-53-41(42)48)46-26(16-43)25-13-23-12-20(3)36(50-7)38(52-9-2)30(23)33(34(40)46)45(25)5/h12,14-15,25-27,33-34,40,44,47H,8-11,13,17-19H2,1-7H3/t25-,26-,27-,33?,34?,40+,42+/m0/s1. The first-order valence-corrected chi connectivity index (χ1v) is 20.4. The third-order valence-electron chi connectivity index (χ3n) is 12.8. The molecule has 7 aliphatic rings. The minimum absolute atomic E-state index is 0.00486. The number of hydrogen-bond acceptors (Lipinski definition) is 14. The van der Waals surface area contributed by atoms with Gasteiger partial charge in [-0.25, -0.2) is 4.79 Å². The summed E-state index contributed by atoms with van der Waals surface area (Å²) in [7, 11) is 5.36. The van der Waals surface area contributed by atoms with Crippen LogP contribution in [0.4, 0.5) is 0 Å². The number of nitrogens with one attached hydrogen (secondary N) is 1. The van der Waals surface area contributed by atoms with Crippen LogP contribution in [0.2, 0.25) is 0 Å². The van der Waals surface area contributed by atoms with Gasteiger partial charge in [0, 0.05) is 46.6 Å². The molecule has 2 N–H and O–H groups in total. The molecule has 13 nitrogen and oxygen atoms in total. The molecule has 0 saturated carbocycles. The van der Waals surface area contributed by atoms with Crippen LogP contribution in [0.15, 0.2) is 18.2 Å². The van der Waals surface area contributed by atoms with Gasteiger partial charge in [0.15, 0.2) is 40.0 Å². The third kappa shape index (κ3) is 5.06. The van der Waals surface area contributed by atoms with Crippen LogP contribution in [0.25, 0.3) is 0 Å². The van der Waals surface area contributed by atoms with Crippen LogP contribution in [0.1, 0.15) is 75.7 Å². The van der Waals surface area contributed by atoms with E-state index in [1.54, 1.807) is 26.0 Å². The van der Waals surface area contributed by atoms with Crippen molar-refractivity contribution in [3.63, 3.8) is 0 Å². The maximum absolute atomic E-state index is 14.9. The molecular weight excluding hydrogens is 737 g/mol. The summed E-state index contributed by atoms with van der Waals surface area (Å²) in [6.07, 6.45) is 1.29. The summed E-state index contributed by atoms with van der Waals surface area (Å²) >= 11 is 1.58. The third-order valence-corrected chi connectivity index (χ3v) is 14.2. The number of esters is 1. The van der Waals surface area contributed by atoms with Gasteiger partial charge in [0.1, 0.15) is 18.4 Å². The minimum atomic E-state index is -1.25. The SMILES string of the molecule is CCOc1cc2c(cc1OC)[C@@]1(CS[C@@H]3c4c(O)c(C)c5c(c4[C@H](COC1=O)N1C3C3c4c(cc(C)c(OC)c4OCC)C[C@@H]([C@@H]1C#N)N3C)OCO5)NCC2. The smallest absolute Gasteiger partial charge is 0.331 e. The number of carbonyl (C=O) groups excluding carboxylic acids is 1. The van der Waals surface area contributed by atoms with Crippen LogP contribution in [0.5, 0.6) is 40.2 Å². The number of nitrogens with zero attached hydrogens (tertiary/aromatic N) is 3. The second-order valence-electron chi connectivity index (χ2n) is 15.3. The van der Waals surface area contributed by atoms with Gasteiger partial charge >= 0.3 is 5.97 Å². The molecule has 1 spiro atoms. The van der Waals surface area contributed by atoms with E-state index >= 15 is 0 Å². The van der Waals surface area contributed by atoms with Crippen LogP contribution >= 0.6 is 11.8 Å². The van der Waals surface area contributed by atoms with Gasteiger partial charge in [-0.05, 0) is 82.0 Å². The molecule has 0 aliphatic carbocycles. The topological polar surface area (TPSA) is 144 Å². The highest BCUT2D eigenvalue weighted by Crippen LogP contribution is 2.64. The lowest BCUT2D eigenvalue weighted by Gasteiger charge is -2.62. The van der Waals surface area contributed by atoms with Crippen LogP contribution < -0.4 is 33.7 Å². The Kier molecular flexibility index (Phi) is 9.15. The number of methoxy groups -OCH3 is 2. The van der Waals surface area contributed by atoms with E-state index in [1.807, 2.05) is 39.8 Å². The van der Waals surface area contributed by atoms with E-state index in [4.69, 9.17) is 33.2 Å². The number of piperazine rings is 1. The number of aryl methyl sites for hydroxylation is 1. The number of nitriles is 1. The number of fused-ring (bicyclic) bond motifs is 9. The maximum Gasteiger partial charge on any atom is 0.331 e. The fourth-order valence-electron chi connectivity index (χ4n) is 10.4. The van der Waals surface area contributed by atoms with E-state index in [0.29, 0.717) is 83.8 Å². The lowest BCUT2D eigenvalue weighted by molar-refractivity contribution is -0.157. The Balaban J connectivity index is 1.30. The van der Waals surface area contributed by atoms with Gasteiger partial charge in [-0.3, -0.25) is 15.1 Å². The lowest BCUT2D eigenvalue weighted by Crippen LogP contribution is -2.69. The Morgan fingerprint density at radius 3 is 2.52 bits per heavy atom. The van der Waals surface area contributed by atoms with E-state index in [-0.39, 0.29) is 37.0 Å². The molecular formula is C42H48N4O9S. The molecule has 2 saturated heterocycles. The van der Waals surface area contributed by atoms with Crippen molar-refractivity contribution in [1.29, 1.82) is 5.26 Å². The molecule has 2 fully saturated rings. The number of phenolic OH excluding ortho intramolecular Hbond substituents is 1. The van der Waals surface area contributed by atoms with Gasteiger partial charge in [0.2, 0.25) is 6.79 Å². The highest BCUT2D eigenvalue weighted by molar-refractivity contribution is 7.99. The minimum Gasteiger partial charge on any atom is -0.507 e. The number of hydrogen-bond donors (Lipinski definition) is 2. The van der Waals surface area contributed by atoms with Gasteiger partial charge in [0.25, 0.3) is 0 Å². The first-order chi connectivity index (χ1) is 27.1. The summed E-state index contributed by atoms with van der Waals surface area (Å²) in [5.74, 6) is 3.49. The first kappa shape index (κ1) is 37.1. The van der Waals surface area contributed by atoms with Gasteiger partial charge in [-0.1, -0.05) is 6.07 Å². The summed E-state index contributed by atoms with van der Waals surface area (Å²) in [4.78, 5) is 19.4. The average Bonchev–Trinajstić information content (AvgIpc) is 3.68. The van der Waals surface area contributed by atoms with Crippen molar-refractivity contribution in [2.45, 2.75) is 81.5 Å². The number of phenols is 1.